The summed E-state index contributed by atoms with van der Waals surface area (Å²) in [5.41, 5.74) is 5.40. The van der Waals surface area contributed by atoms with Gasteiger partial charge in [-0.25, -0.2) is 9.97 Å². The minimum atomic E-state index is 0. The third-order valence-corrected chi connectivity index (χ3v) is 1.32. The normalized spacial score (nSPS) is 7.83. The Morgan fingerprint density at radius 2 is 2.08 bits per heavy atom. The van der Waals surface area contributed by atoms with E-state index < -0.39 is 0 Å². The van der Waals surface area contributed by atoms with E-state index in [0.717, 1.165) is 0 Å². The Labute approximate surface area is 108 Å². The van der Waals surface area contributed by atoms with Crippen LogP contribution in [-0.2, 0) is 42.1 Å². The molecule has 0 amide bonds. The van der Waals surface area contributed by atoms with Crippen molar-refractivity contribution in [1.82, 2.24) is 9.97 Å². The zero-order chi connectivity index (χ0) is 7.56. The number of hydrogen-bond acceptors (Lipinski definition) is 4. The first-order valence-electron chi connectivity index (χ1n) is 2.55. The van der Waals surface area contributed by atoms with E-state index in [-0.39, 0.29) is 42.1 Å². The molecular formula is C5H6BrN4W2-. The van der Waals surface area contributed by atoms with E-state index in [1.165, 1.54) is 6.20 Å². The van der Waals surface area contributed by atoms with Crippen molar-refractivity contribution < 1.29 is 42.1 Å². The van der Waals surface area contributed by atoms with Gasteiger partial charge in [-0.2, -0.15) is 0 Å². The van der Waals surface area contributed by atoms with Crippen LogP contribution in [-0.4, -0.2) is 9.97 Å². The molecule has 0 atom stereocenters. The van der Waals surface area contributed by atoms with Crippen LogP contribution in [0.3, 0.4) is 0 Å². The monoisotopic (exact) mass is 569 g/mol. The standard InChI is InChI=1S/C5H6BrN4.2W/c1-8-5-4(7)9-2-3(6)10-5;;/h2H,1H2,(H2,7,9)(H,8,10);;/q-1;;. The van der Waals surface area contributed by atoms with Crippen LogP contribution in [0.2, 0.25) is 0 Å². The molecule has 0 radical (unpaired) electrons. The first-order valence-corrected chi connectivity index (χ1v) is 3.34. The maximum atomic E-state index is 5.40. The Morgan fingerprint density at radius 1 is 1.50 bits per heavy atom. The van der Waals surface area contributed by atoms with Crippen molar-refractivity contribution in [3.8, 4) is 0 Å². The van der Waals surface area contributed by atoms with Gasteiger partial charge >= 0.3 is 0 Å². The Morgan fingerprint density at radius 3 is 2.50 bits per heavy atom. The molecule has 0 bridgehead atoms. The molecular weight excluding hydrogens is 564 g/mol. The Hall–Kier alpha value is 0.537. The number of nitrogen functional groups attached to an aromatic ring is 1. The maximum Gasteiger partial charge on any atom is 0.163 e. The van der Waals surface area contributed by atoms with E-state index in [4.69, 9.17) is 5.73 Å². The van der Waals surface area contributed by atoms with Gasteiger partial charge in [0.25, 0.3) is 0 Å². The maximum absolute atomic E-state index is 5.40. The predicted octanol–water partition coefficient (Wildman–Crippen LogP) is 1.02. The van der Waals surface area contributed by atoms with Gasteiger partial charge in [0.1, 0.15) is 10.4 Å². The van der Waals surface area contributed by atoms with Crippen molar-refractivity contribution in [2.24, 2.45) is 0 Å². The van der Waals surface area contributed by atoms with Crippen LogP contribution in [0.15, 0.2) is 10.8 Å². The number of rotatable bonds is 1. The van der Waals surface area contributed by atoms with Crippen LogP contribution >= 0.6 is 15.9 Å². The van der Waals surface area contributed by atoms with E-state index in [9.17, 15) is 0 Å². The van der Waals surface area contributed by atoms with Crippen molar-refractivity contribution in [3.63, 3.8) is 0 Å². The summed E-state index contributed by atoms with van der Waals surface area (Å²) in [6.07, 6.45) is 1.52. The van der Waals surface area contributed by atoms with Gasteiger partial charge < -0.3 is 11.1 Å². The summed E-state index contributed by atoms with van der Waals surface area (Å²) in [6.45, 7) is 0. The molecule has 1 rings (SSSR count). The molecule has 7 heteroatoms. The first kappa shape index (κ1) is 15.0. The number of aromatic nitrogens is 2. The molecule has 1 heterocycles. The summed E-state index contributed by atoms with van der Waals surface area (Å²) in [7, 11) is 3.40. The fourth-order valence-corrected chi connectivity index (χ4v) is 0.787. The predicted molar refractivity (Wildman–Crippen MR) is 43.1 cm³/mol. The van der Waals surface area contributed by atoms with Crippen LogP contribution in [0.4, 0.5) is 11.6 Å². The molecule has 0 fully saturated rings. The zero-order valence-electron chi connectivity index (χ0n) is 5.95. The van der Waals surface area contributed by atoms with Crippen molar-refractivity contribution in [2.45, 2.75) is 0 Å². The van der Waals surface area contributed by atoms with Crippen LogP contribution < -0.4 is 11.1 Å². The average Bonchev–Trinajstić information content (AvgIpc) is 1.94. The number of nitrogens with two attached hydrogens (primary N) is 1. The quantitative estimate of drug-likeness (QED) is 0.496. The molecule has 0 spiro atoms. The molecule has 1 aromatic rings. The minimum absolute atomic E-state index is 0. The second-order valence-corrected chi connectivity index (χ2v) is 2.42. The Bertz CT molecular complexity index is 245. The third kappa shape index (κ3) is 3.97. The molecule has 0 aliphatic carbocycles. The SMILES string of the molecule is [CH2-]Nc1nc(Br)cnc1N.[W].[W]. The van der Waals surface area contributed by atoms with E-state index >= 15 is 0 Å². The number of hydrogen-bond donors (Lipinski definition) is 2. The van der Waals surface area contributed by atoms with Gasteiger partial charge in [-0.1, -0.05) is 0 Å². The Balaban J connectivity index is 0. The summed E-state index contributed by atoms with van der Waals surface area (Å²) in [4.78, 5) is 7.76. The van der Waals surface area contributed by atoms with Crippen LogP contribution in [0.1, 0.15) is 0 Å². The van der Waals surface area contributed by atoms with Gasteiger partial charge in [-0.3, -0.25) is 7.05 Å². The molecule has 0 aromatic carbocycles. The van der Waals surface area contributed by atoms with Crippen LogP contribution in [0.25, 0.3) is 0 Å². The number of halogens is 1. The molecule has 0 unspecified atom stereocenters. The molecule has 3 N–H and O–H groups in total. The molecule has 0 aliphatic heterocycles. The number of anilines is 2. The Kier molecular flexibility index (Phi) is 8.75. The van der Waals surface area contributed by atoms with Crippen molar-refractivity contribution in [1.29, 1.82) is 0 Å². The first-order chi connectivity index (χ1) is 4.74. The van der Waals surface area contributed by atoms with Gasteiger partial charge in [-0.15, -0.1) is 0 Å². The summed E-state index contributed by atoms with van der Waals surface area (Å²) in [6, 6.07) is 0. The summed E-state index contributed by atoms with van der Waals surface area (Å²) >= 11 is 3.14. The molecule has 1 aromatic heterocycles. The molecule has 0 saturated carbocycles. The average molecular weight is 570 g/mol. The van der Waals surface area contributed by atoms with E-state index in [0.29, 0.717) is 16.2 Å². The fourth-order valence-electron chi connectivity index (χ4n) is 0.507. The van der Waals surface area contributed by atoms with Gasteiger partial charge in [0.05, 0.1) is 6.20 Å². The van der Waals surface area contributed by atoms with Gasteiger partial charge in [0.15, 0.2) is 5.82 Å². The topological polar surface area (TPSA) is 63.8 Å². The fraction of sp³-hybridized carbons (Fsp3) is 0. The summed E-state index contributed by atoms with van der Waals surface area (Å²) in [5, 5.41) is 2.56. The third-order valence-electron chi connectivity index (χ3n) is 0.939. The largest absolute Gasteiger partial charge is 0.520 e. The second kappa shape index (κ2) is 6.99. The summed E-state index contributed by atoms with van der Waals surface area (Å²) < 4.78 is 0.632. The number of nitrogens with one attached hydrogen (secondary N) is 1. The van der Waals surface area contributed by atoms with Crippen LogP contribution in [0, 0.1) is 7.05 Å². The van der Waals surface area contributed by atoms with E-state index in [2.05, 4.69) is 38.3 Å². The number of nitrogens with zero attached hydrogens (tertiary/aromatic N) is 2. The molecule has 0 aliphatic rings. The zero-order valence-corrected chi connectivity index (χ0v) is 13.4. The minimum Gasteiger partial charge on any atom is -0.520 e. The second-order valence-electron chi connectivity index (χ2n) is 1.60. The molecule has 66 valence electrons. The van der Waals surface area contributed by atoms with Crippen molar-refractivity contribution in [2.75, 3.05) is 11.1 Å². The smallest absolute Gasteiger partial charge is 0.163 e. The van der Waals surface area contributed by atoms with Crippen molar-refractivity contribution >= 4 is 27.6 Å². The van der Waals surface area contributed by atoms with Gasteiger partial charge in [-0.05, 0) is 15.9 Å². The van der Waals surface area contributed by atoms with Crippen LogP contribution in [0.5, 0.6) is 0 Å². The van der Waals surface area contributed by atoms with E-state index in [1.54, 1.807) is 0 Å². The van der Waals surface area contributed by atoms with Gasteiger partial charge in [0.2, 0.25) is 0 Å². The van der Waals surface area contributed by atoms with E-state index in [1.807, 2.05) is 0 Å². The molecule has 0 saturated heterocycles. The molecule has 4 nitrogen and oxygen atoms in total. The van der Waals surface area contributed by atoms with Gasteiger partial charge in [0, 0.05) is 42.1 Å². The molecule has 12 heavy (non-hydrogen) atoms. The summed E-state index contributed by atoms with van der Waals surface area (Å²) in [5.74, 6) is 0.826. The van der Waals surface area contributed by atoms with Crippen molar-refractivity contribution in [3.05, 3.63) is 17.8 Å².